The van der Waals surface area contributed by atoms with Crippen molar-refractivity contribution in [2.75, 3.05) is 13.7 Å². The normalized spacial score (nSPS) is 11.2. The largest absolute Gasteiger partial charge is 0.495 e. The molecular weight excluding hydrogens is 412 g/mol. The van der Waals surface area contributed by atoms with Crippen molar-refractivity contribution in [3.05, 3.63) is 95.1 Å². The van der Waals surface area contributed by atoms with Gasteiger partial charge in [0.2, 0.25) is 10.0 Å². The molecule has 0 aliphatic rings. The average molecular weight is 439 g/mol. The summed E-state index contributed by atoms with van der Waals surface area (Å²) in [5.41, 5.74) is 3.35. The smallest absolute Gasteiger partial charge is 0.251 e. The van der Waals surface area contributed by atoms with E-state index in [2.05, 4.69) is 10.0 Å². The molecule has 0 fully saturated rings. The molecule has 0 bridgehead atoms. The zero-order valence-corrected chi connectivity index (χ0v) is 18.4. The quantitative estimate of drug-likeness (QED) is 0.536. The van der Waals surface area contributed by atoms with Crippen LogP contribution < -0.4 is 14.8 Å². The number of hydrogen-bond donors (Lipinski definition) is 2. The molecule has 3 aromatic rings. The lowest BCUT2D eigenvalue weighted by molar-refractivity contribution is 0.0950. The predicted molar refractivity (Wildman–Crippen MR) is 121 cm³/mol. The molecule has 3 rings (SSSR count). The van der Waals surface area contributed by atoms with Gasteiger partial charge in [0, 0.05) is 18.7 Å². The van der Waals surface area contributed by atoms with Gasteiger partial charge in [0.25, 0.3) is 5.91 Å². The molecule has 0 saturated carbocycles. The van der Waals surface area contributed by atoms with Gasteiger partial charge in [0.05, 0.1) is 7.11 Å². The molecule has 6 nitrogen and oxygen atoms in total. The first kappa shape index (κ1) is 22.5. The summed E-state index contributed by atoms with van der Waals surface area (Å²) in [7, 11) is -2.46. The summed E-state index contributed by atoms with van der Waals surface area (Å²) in [5.74, 6) is -0.174. The molecule has 1 amide bonds. The van der Waals surface area contributed by atoms with Crippen molar-refractivity contribution in [1.29, 1.82) is 0 Å². The number of nitrogens with one attached hydrogen (secondary N) is 2. The summed E-state index contributed by atoms with van der Waals surface area (Å²) < 4.78 is 33.6. The van der Waals surface area contributed by atoms with E-state index in [0.717, 1.165) is 16.7 Å². The van der Waals surface area contributed by atoms with E-state index in [1.54, 1.807) is 6.07 Å². The third-order valence-electron chi connectivity index (χ3n) is 4.80. The summed E-state index contributed by atoms with van der Waals surface area (Å²) in [6.45, 7) is 2.57. The Morgan fingerprint density at radius 2 is 1.68 bits per heavy atom. The molecular formula is C24H26N2O4S. The summed E-state index contributed by atoms with van der Waals surface area (Å²) in [6.07, 6.45) is 0.555. The fourth-order valence-electron chi connectivity index (χ4n) is 3.19. The maximum absolute atomic E-state index is 12.9. The van der Waals surface area contributed by atoms with E-state index in [1.807, 2.05) is 61.5 Å². The van der Waals surface area contributed by atoms with Crippen molar-refractivity contribution in [2.24, 2.45) is 0 Å². The summed E-state index contributed by atoms with van der Waals surface area (Å²) in [6, 6.07) is 21.8. The van der Waals surface area contributed by atoms with E-state index in [1.165, 1.54) is 19.2 Å². The zero-order chi connectivity index (χ0) is 22.3. The third kappa shape index (κ3) is 6.16. The van der Waals surface area contributed by atoms with E-state index in [4.69, 9.17) is 4.74 Å². The third-order valence-corrected chi connectivity index (χ3v) is 6.28. The van der Waals surface area contributed by atoms with Gasteiger partial charge >= 0.3 is 0 Å². The first-order valence-corrected chi connectivity index (χ1v) is 11.4. The number of aryl methyl sites for hydroxylation is 1. The number of sulfonamides is 1. The van der Waals surface area contributed by atoms with Gasteiger partial charge in [0.1, 0.15) is 10.6 Å². The standard InChI is InChI=1S/C24H26N2O4S/c1-18-7-6-10-20(15-18)17-25-24(27)21-11-12-22(30-2)23(16-21)31(28,29)26-14-13-19-8-4-3-5-9-19/h3-12,15-16,26H,13-14,17H2,1-2H3,(H,25,27). The van der Waals surface area contributed by atoms with Crippen LogP contribution in [0, 0.1) is 6.92 Å². The fourth-order valence-corrected chi connectivity index (χ4v) is 4.41. The Morgan fingerprint density at radius 1 is 0.935 bits per heavy atom. The van der Waals surface area contributed by atoms with Gasteiger partial charge in [-0.2, -0.15) is 0 Å². The summed E-state index contributed by atoms with van der Waals surface area (Å²) in [4.78, 5) is 12.5. The molecule has 0 aliphatic heterocycles. The van der Waals surface area contributed by atoms with Crippen LogP contribution in [-0.2, 0) is 23.0 Å². The van der Waals surface area contributed by atoms with Crippen molar-refractivity contribution < 1.29 is 17.9 Å². The van der Waals surface area contributed by atoms with Gasteiger partial charge < -0.3 is 10.1 Å². The highest BCUT2D eigenvalue weighted by molar-refractivity contribution is 7.89. The molecule has 0 aliphatic carbocycles. The van der Waals surface area contributed by atoms with Crippen LogP contribution in [0.4, 0.5) is 0 Å². The van der Waals surface area contributed by atoms with E-state index in [-0.39, 0.29) is 28.7 Å². The van der Waals surface area contributed by atoms with E-state index in [0.29, 0.717) is 13.0 Å². The maximum atomic E-state index is 12.9. The van der Waals surface area contributed by atoms with Gasteiger partial charge in [-0.25, -0.2) is 13.1 Å². The van der Waals surface area contributed by atoms with Crippen LogP contribution in [0.25, 0.3) is 0 Å². The second kappa shape index (κ2) is 10.2. The Kier molecular flexibility index (Phi) is 7.44. The first-order valence-electron chi connectivity index (χ1n) is 9.94. The van der Waals surface area contributed by atoms with Crippen LogP contribution in [0.3, 0.4) is 0 Å². The molecule has 0 atom stereocenters. The number of amides is 1. The molecule has 3 aromatic carbocycles. The Balaban J connectivity index is 1.71. The van der Waals surface area contributed by atoms with Crippen molar-refractivity contribution >= 4 is 15.9 Å². The van der Waals surface area contributed by atoms with Crippen LogP contribution in [0.2, 0.25) is 0 Å². The number of carbonyl (C=O) groups excluding carboxylic acids is 1. The summed E-state index contributed by atoms with van der Waals surface area (Å²) >= 11 is 0. The molecule has 31 heavy (non-hydrogen) atoms. The van der Waals surface area contributed by atoms with E-state index < -0.39 is 10.0 Å². The van der Waals surface area contributed by atoms with E-state index >= 15 is 0 Å². The van der Waals surface area contributed by atoms with Crippen molar-refractivity contribution in [3.8, 4) is 5.75 Å². The van der Waals surface area contributed by atoms with Crippen LogP contribution in [0.15, 0.2) is 77.7 Å². The van der Waals surface area contributed by atoms with Crippen LogP contribution in [0.1, 0.15) is 27.0 Å². The Morgan fingerprint density at radius 3 is 2.39 bits per heavy atom. The molecule has 162 valence electrons. The topological polar surface area (TPSA) is 84.5 Å². The number of methoxy groups -OCH3 is 1. The van der Waals surface area contributed by atoms with Gasteiger partial charge in [-0.1, -0.05) is 60.2 Å². The molecule has 7 heteroatoms. The lowest BCUT2D eigenvalue weighted by Gasteiger charge is -2.13. The van der Waals surface area contributed by atoms with Crippen LogP contribution in [0.5, 0.6) is 5.75 Å². The number of carbonyl (C=O) groups is 1. The molecule has 0 radical (unpaired) electrons. The molecule has 2 N–H and O–H groups in total. The summed E-state index contributed by atoms with van der Waals surface area (Å²) in [5, 5.41) is 2.83. The second-order valence-corrected chi connectivity index (χ2v) is 8.91. The van der Waals surface area contributed by atoms with Gasteiger partial charge in [-0.15, -0.1) is 0 Å². The predicted octanol–water partition coefficient (Wildman–Crippen LogP) is 3.45. The Bertz CT molecular complexity index is 1150. The monoisotopic (exact) mass is 438 g/mol. The van der Waals surface area contributed by atoms with Crippen LogP contribution in [-0.4, -0.2) is 28.0 Å². The number of benzene rings is 3. The Hall–Kier alpha value is -3.16. The minimum atomic E-state index is -3.86. The highest BCUT2D eigenvalue weighted by atomic mass is 32.2. The molecule has 0 aromatic heterocycles. The van der Waals surface area contributed by atoms with Crippen molar-refractivity contribution in [2.45, 2.75) is 24.8 Å². The lowest BCUT2D eigenvalue weighted by atomic mass is 10.1. The molecule has 0 heterocycles. The second-order valence-electron chi connectivity index (χ2n) is 7.17. The van der Waals surface area contributed by atoms with Crippen molar-refractivity contribution in [1.82, 2.24) is 10.0 Å². The van der Waals surface area contributed by atoms with Gasteiger partial charge in [0.15, 0.2) is 0 Å². The number of rotatable bonds is 9. The van der Waals surface area contributed by atoms with Gasteiger partial charge in [-0.3, -0.25) is 4.79 Å². The average Bonchev–Trinajstić information content (AvgIpc) is 2.77. The van der Waals surface area contributed by atoms with Crippen molar-refractivity contribution in [3.63, 3.8) is 0 Å². The maximum Gasteiger partial charge on any atom is 0.251 e. The SMILES string of the molecule is COc1ccc(C(=O)NCc2cccc(C)c2)cc1S(=O)(=O)NCCc1ccccc1. The molecule has 0 saturated heterocycles. The highest BCUT2D eigenvalue weighted by Gasteiger charge is 2.21. The molecule has 0 unspecified atom stereocenters. The fraction of sp³-hybridized carbons (Fsp3) is 0.208. The Labute approximate surface area is 183 Å². The lowest BCUT2D eigenvalue weighted by Crippen LogP contribution is -2.27. The number of hydrogen-bond acceptors (Lipinski definition) is 4. The minimum Gasteiger partial charge on any atom is -0.495 e. The highest BCUT2D eigenvalue weighted by Crippen LogP contribution is 2.25. The zero-order valence-electron chi connectivity index (χ0n) is 17.6. The van der Waals surface area contributed by atoms with Crippen LogP contribution >= 0.6 is 0 Å². The number of ether oxygens (including phenoxy) is 1. The van der Waals surface area contributed by atoms with E-state index in [9.17, 15) is 13.2 Å². The van der Waals surface area contributed by atoms with Gasteiger partial charge in [-0.05, 0) is 42.7 Å². The first-order chi connectivity index (χ1) is 14.9. The molecule has 0 spiro atoms. The minimum absolute atomic E-state index is 0.0636.